The largest absolute Gasteiger partial charge is 0.497 e. The topological polar surface area (TPSA) is 103 Å². The van der Waals surface area contributed by atoms with Gasteiger partial charge in [0.1, 0.15) is 11.5 Å². The molecule has 2 amide bonds. The van der Waals surface area contributed by atoms with Crippen LogP contribution in [0.4, 0.5) is 11.4 Å². The number of nitrogens with zero attached hydrogens (tertiary/aromatic N) is 1. The number of hydrogen-bond donors (Lipinski definition) is 2. The van der Waals surface area contributed by atoms with E-state index in [1.165, 1.54) is 6.07 Å². The molecule has 1 heterocycles. The van der Waals surface area contributed by atoms with Crippen LogP contribution in [0.1, 0.15) is 26.4 Å². The molecule has 0 aliphatic rings. The van der Waals surface area contributed by atoms with Crippen molar-refractivity contribution in [1.29, 1.82) is 0 Å². The van der Waals surface area contributed by atoms with E-state index in [9.17, 15) is 9.59 Å². The summed E-state index contributed by atoms with van der Waals surface area (Å²) in [6, 6.07) is 20.9. The van der Waals surface area contributed by atoms with E-state index in [-0.39, 0.29) is 11.6 Å². The van der Waals surface area contributed by atoms with Crippen molar-refractivity contribution in [3.05, 3.63) is 89.6 Å². The van der Waals surface area contributed by atoms with Gasteiger partial charge in [0.15, 0.2) is 11.5 Å². The van der Waals surface area contributed by atoms with E-state index in [2.05, 4.69) is 15.8 Å². The van der Waals surface area contributed by atoms with Crippen molar-refractivity contribution in [1.82, 2.24) is 5.16 Å². The van der Waals surface area contributed by atoms with Crippen molar-refractivity contribution in [2.24, 2.45) is 0 Å². The van der Waals surface area contributed by atoms with Crippen LogP contribution in [0.5, 0.6) is 11.5 Å². The van der Waals surface area contributed by atoms with E-state index in [0.717, 1.165) is 5.56 Å². The lowest BCUT2D eigenvalue weighted by atomic mass is 10.1. The fraction of sp³-hybridized carbons (Fsp3) is 0.115. The van der Waals surface area contributed by atoms with Crippen molar-refractivity contribution in [3.63, 3.8) is 0 Å². The molecule has 8 heteroatoms. The van der Waals surface area contributed by atoms with Gasteiger partial charge < -0.3 is 24.6 Å². The fourth-order valence-electron chi connectivity index (χ4n) is 3.33. The van der Waals surface area contributed by atoms with Crippen LogP contribution >= 0.6 is 0 Å². The van der Waals surface area contributed by atoms with Crippen LogP contribution in [0.15, 0.2) is 77.3 Å². The molecule has 34 heavy (non-hydrogen) atoms. The molecule has 172 valence electrons. The lowest BCUT2D eigenvalue weighted by molar-refractivity contribution is 0.101. The fourth-order valence-corrected chi connectivity index (χ4v) is 3.33. The van der Waals surface area contributed by atoms with E-state index >= 15 is 0 Å². The summed E-state index contributed by atoms with van der Waals surface area (Å²) in [5.41, 5.74) is 3.16. The summed E-state index contributed by atoms with van der Waals surface area (Å²) < 4.78 is 16.0. The average molecular weight is 457 g/mol. The third-order valence-electron chi connectivity index (χ3n) is 5.19. The number of methoxy groups -OCH3 is 2. The number of anilines is 2. The lowest BCUT2D eigenvalue weighted by Gasteiger charge is -2.11. The zero-order valence-corrected chi connectivity index (χ0v) is 18.9. The van der Waals surface area contributed by atoms with E-state index < -0.39 is 5.91 Å². The third kappa shape index (κ3) is 4.91. The van der Waals surface area contributed by atoms with Gasteiger partial charge in [0, 0.05) is 23.0 Å². The third-order valence-corrected chi connectivity index (χ3v) is 5.19. The van der Waals surface area contributed by atoms with Gasteiger partial charge in [-0.1, -0.05) is 29.4 Å². The number of aryl methyl sites for hydroxylation is 1. The molecule has 0 fully saturated rings. The van der Waals surface area contributed by atoms with Gasteiger partial charge in [0.2, 0.25) is 0 Å². The van der Waals surface area contributed by atoms with E-state index in [1.54, 1.807) is 68.8 Å². The van der Waals surface area contributed by atoms with Crippen LogP contribution in [0.3, 0.4) is 0 Å². The Bertz CT molecular complexity index is 1330. The first kappa shape index (κ1) is 22.6. The highest BCUT2D eigenvalue weighted by molar-refractivity contribution is 6.06. The Morgan fingerprint density at radius 3 is 2.38 bits per heavy atom. The summed E-state index contributed by atoms with van der Waals surface area (Å²) in [7, 11) is 3.10. The van der Waals surface area contributed by atoms with E-state index in [4.69, 9.17) is 14.0 Å². The quantitative estimate of drug-likeness (QED) is 0.397. The Hall–Kier alpha value is -4.59. The number of nitrogens with one attached hydrogen (secondary N) is 2. The highest BCUT2D eigenvalue weighted by atomic mass is 16.5. The van der Waals surface area contributed by atoms with Crippen LogP contribution in [-0.4, -0.2) is 31.2 Å². The maximum atomic E-state index is 12.9. The minimum atomic E-state index is -0.452. The molecule has 8 nitrogen and oxygen atoms in total. The maximum absolute atomic E-state index is 12.9. The zero-order chi connectivity index (χ0) is 24.1. The molecule has 0 saturated heterocycles. The highest BCUT2D eigenvalue weighted by Crippen LogP contribution is 2.34. The van der Waals surface area contributed by atoms with Gasteiger partial charge in [-0.3, -0.25) is 9.59 Å². The van der Waals surface area contributed by atoms with Crippen LogP contribution in [0, 0.1) is 6.92 Å². The molecular weight excluding hydrogens is 434 g/mol. The molecule has 1 aromatic heterocycles. The van der Waals surface area contributed by atoms with Crippen LogP contribution in [-0.2, 0) is 0 Å². The van der Waals surface area contributed by atoms with E-state index in [1.807, 2.05) is 19.1 Å². The Morgan fingerprint density at radius 2 is 1.65 bits per heavy atom. The van der Waals surface area contributed by atoms with Gasteiger partial charge in [0.25, 0.3) is 11.8 Å². The van der Waals surface area contributed by atoms with Crippen molar-refractivity contribution < 1.29 is 23.6 Å². The number of rotatable bonds is 7. The monoisotopic (exact) mass is 457 g/mol. The number of hydrogen-bond acceptors (Lipinski definition) is 6. The second-order valence-corrected chi connectivity index (χ2v) is 7.45. The lowest BCUT2D eigenvalue weighted by Crippen LogP contribution is -2.15. The number of carbonyl (C=O) groups excluding carboxylic acids is 2. The maximum Gasteiger partial charge on any atom is 0.277 e. The van der Waals surface area contributed by atoms with Gasteiger partial charge in [-0.25, -0.2) is 0 Å². The van der Waals surface area contributed by atoms with Crippen molar-refractivity contribution in [2.45, 2.75) is 6.92 Å². The first-order valence-corrected chi connectivity index (χ1v) is 10.5. The molecule has 4 aromatic rings. The summed E-state index contributed by atoms with van der Waals surface area (Å²) in [5, 5.41) is 9.57. The molecule has 0 radical (unpaired) electrons. The second-order valence-electron chi connectivity index (χ2n) is 7.45. The predicted molar refractivity (Wildman–Crippen MR) is 129 cm³/mol. The first-order valence-electron chi connectivity index (χ1n) is 10.5. The molecule has 0 bridgehead atoms. The summed E-state index contributed by atoms with van der Waals surface area (Å²) in [5.74, 6) is 0.841. The summed E-state index contributed by atoms with van der Waals surface area (Å²) in [6.45, 7) is 1.85. The SMILES string of the molecule is COc1ccc(OC)c(-c2cc(C(=O)Nc3cc(NC(=O)c4ccccc4)ccc3C)no2)c1. The summed E-state index contributed by atoms with van der Waals surface area (Å²) in [4.78, 5) is 25.3. The Balaban J connectivity index is 1.52. The van der Waals surface area contributed by atoms with Crippen LogP contribution < -0.4 is 20.1 Å². The molecule has 3 aromatic carbocycles. The number of benzene rings is 3. The van der Waals surface area contributed by atoms with Gasteiger partial charge in [-0.05, 0) is 55.0 Å². The number of aromatic nitrogens is 1. The normalized spacial score (nSPS) is 10.4. The number of amides is 2. The predicted octanol–water partition coefficient (Wildman–Crippen LogP) is 5.17. The standard InChI is InChI=1S/C26H23N3O5/c1-16-9-10-18(27-25(30)17-7-5-4-6-8-17)13-21(16)28-26(31)22-15-24(34-29-22)20-14-19(32-2)11-12-23(20)33-3/h4-15H,1-3H3,(H,27,30)(H,28,31). The smallest absolute Gasteiger partial charge is 0.277 e. The molecule has 4 rings (SSSR count). The van der Waals surface area contributed by atoms with Crippen molar-refractivity contribution >= 4 is 23.2 Å². The molecule has 0 saturated carbocycles. The van der Waals surface area contributed by atoms with Crippen molar-refractivity contribution in [2.75, 3.05) is 24.9 Å². The molecule has 0 unspecified atom stereocenters. The number of carbonyl (C=O) groups is 2. The molecular formula is C26H23N3O5. The van der Waals surface area contributed by atoms with Crippen molar-refractivity contribution in [3.8, 4) is 22.8 Å². The summed E-state index contributed by atoms with van der Waals surface area (Å²) in [6.07, 6.45) is 0. The Labute approximate surface area is 196 Å². The molecule has 0 spiro atoms. The molecule has 2 N–H and O–H groups in total. The Morgan fingerprint density at radius 1 is 0.853 bits per heavy atom. The van der Waals surface area contributed by atoms with Crippen LogP contribution in [0.25, 0.3) is 11.3 Å². The number of ether oxygens (including phenoxy) is 2. The zero-order valence-electron chi connectivity index (χ0n) is 18.9. The van der Waals surface area contributed by atoms with Gasteiger partial charge in [0.05, 0.1) is 19.8 Å². The van der Waals surface area contributed by atoms with Gasteiger partial charge in [-0.15, -0.1) is 0 Å². The van der Waals surface area contributed by atoms with Gasteiger partial charge in [-0.2, -0.15) is 0 Å². The minimum Gasteiger partial charge on any atom is -0.497 e. The first-order chi connectivity index (χ1) is 16.5. The molecule has 0 aliphatic carbocycles. The average Bonchev–Trinajstić information content (AvgIpc) is 3.36. The second kappa shape index (κ2) is 9.91. The van der Waals surface area contributed by atoms with Gasteiger partial charge >= 0.3 is 0 Å². The van der Waals surface area contributed by atoms with Crippen LogP contribution in [0.2, 0.25) is 0 Å². The molecule has 0 atom stereocenters. The summed E-state index contributed by atoms with van der Waals surface area (Å²) >= 11 is 0. The minimum absolute atomic E-state index is 0.0954. The van der Waals surface area contributed by atoms with E-state index in [0.29, 0.717) is 39.8 Å². The molecule has 0 aliphatic heterocycles. The Kier molecular flexibility index (Phi) is 6.59. The highest BCUT2D eigenvalue weighted by Gasteiger charge is 2.18.